The molecule has 3 aromatic rings. The van der Waals surface area contributed by atoms with E-state index in [1.54, 1.807) is 39.1 Å². The van der Waals surface area contributed by atoms with Crippen LogP contribution in [0.3, 0.4) is 0 Å². The fourth-order valence-electron chi connectivity index (χ4n) is 5.96. The second kappa shape index (κ2) is 18.5. The highest BCUT2D eigenvalue weighted by molar-refractivity contribution is 6.07. The summed E-state index contributed by atoms with van der Waals surface area (Å²) in [5.41, 5.74) is 6.13. The monoisotopic (exact) mass is 667 g/mol. The third-order valence-corrected chi connectivity index (χ3v) is 8.30. The minimum atomic E-state index is -0.907. The molecule has 0 N–H and O–H groups in total. The number of hydrogen-bond donors (Lipinski definition) is 0. The molecule has 0 bridgehead atoms. The highest BCUT2D eigenvalue weighted by Crippen LogP contribution is 2.41. The van der Waals surface area contributed by atoms with Crippen LogP contribution in [0.15, 0.2) is 94.9 Å². The molecule has 49 heavy (non-hydrogen) atoms. The number of esters is 2. The molecule has 1 aliphatic heterocycles. The van der Waals surface area contributed by atoms with Crippen LogP contribution in [-0.4, -0.2) is 54.0 Å². The number of nitrogens with zero attached hydrogens (tertiary/aromatic N) is 3. The smallest absolute Gasteiger partial charge is 0.336 e. The second-order valence-corrected chi connectivity index (χ2v) is 12.2. The lowest BCUT2D eigenvalue weighted by atomic mass is 9.75. The van der Waals surface area contributed by atoms with Gasteiger partial charge in [0.25, 0.3) is 5.69 Å². The predicted octanol–water partition coefficient (Wildman–Crippen LogP) is 7.82. The van der Waals surface area contributed by atoms with Crippen molar-refractivity contribution in [3.8, 4) is 0 Å². The Balaban J connectivity index is 1.22. The Kier molecular flexibility index (Phi) is 14.0. The summed E-state index contributed by atoms with van der Waals surface area (Å²) in [4.78, 5) is 46.2. The van der Waals surface area contributed by atoms with Crippen LogP contribution in [0.5, 0.6) is 0 Å². The molecule has 2 heterocycles. The van der Waals surface area contributed by atoms with E-state index in [-0.39, 0.29) is 24.5 Å². The summed E-state index contributed by atoms with van der Waals surface area (Å²) in [5.74, 6) is -2.86. The maximum atomic E-state index is 13.4. The number of pyridine rings is 1. The molecule has 1 aliphatic rings. The molecule has 0 fully saturated rings. The predicted molar refractivity (Wildman–Crippen MR) is 189 cm³/mol. The van der Waals surface area contributed by atoms with Crippen LogP contribution in [0, 0.1) is 16.0 Å². The molecule has 2 aromatic carbocycles. The van der Waals surface area contributed by atoms with Crippen LogP contribution >= 0.6 is 0 Å². The van der Waals surface area contributed by atoms with E-state index < -0.39 is 28.7 Å². The molecule has 258 valence electrons. The molecular formula is C39H45N3O7. The van der Waals surface area contributed by atoms with Crippen molar-refractivity contribution in [3.05, 3.63) is 122 Å². The van der Waals surface area contributed by atoms with E-state index in [0.29, 0.717) is 36.6 Å². The molecular weight excluding hydrogens is 622 g/mol. The lowest BCUT2D eigenvalue weighted by molar-refractivity contribution is -0.384. The number of non-ortho nitro benzene ring substituents is 1. The summed E-state index contributed by atoms with van der Waals surface area (Å²) in [6, 6.07) is 18.5. The number of hydrogen-bond acceptors (Lipinski definition) is 9. The quantitative estimate of drug-likeness (QED) is 0.0617. The van der Waals surface area contributed by atoms with Gasteiger partial charge in [-0.05, 0) is 87.3 Å². The van der Waals surface area contributed by atoms with Gasteiger partial charge in [0, 0.05) is 48.5 Å². The van der Waals surface area contributed by atoms with Gasteiger partial charge in [-0.3, -0.25) is 24.9 Å². The van der Waals surface area contributed by atoms with Gasteiger partial charge >= 0.3 is 11.9 Å². The zero-order valence-electron chi connectivity index (χ0n) is 28.7. The van der Waals surface area contributed by atoms with Crippen LogP contribution in [-0.2, 0) is 30.2 Å². The Labute approximate surface area is 288 Å². The highest BCUT2D eigenvalue weighted by atomic mass is 16.6. The molecule has 2 unspecified atom stereocenters. The van der Waals surface area contributed by atoms with E-state index in [1.807, 2.05) is 12.3 Å². The number of nitro groups is 1. The van der Waals surface area contributed by atoms with Gasteiger partial charge < -0.3 is 14.2 Å². The molecule has 0 aliphatic carbocycles. The Hall–Kier alpha value is -4.96. The number of rotatable bonds is 17. The number of ether oxygens (including phenoxy) is 3. The minimum absolute atomic E-state index is 0.136. The van der Waals surface area contributed by atoms with Crippen LogP contribution in [0.1, 0.15) is 81.5 Å². The second-order valence-electron chi connectivity index (χ2n) is 12.2. The van der Waals surface area contributed by atoms with Gasteiger partial charge in [-0.25, -0.2) is 4.79 Å². The van der Waals surface area contributed by atoms with Crippen LogP contribution in [0.4, 0.5) is 5.69 Å². The summed E-state index contributed by atoms with van der Waals surface area (Å²) in [6.07, 6.45) is 9.99. The molecule has 1 aromatic heterocycles. The molecule has 4 rings (SSSR count). The summed E-state index contributed by atoms with van der Waals surface area (Å²) in [5, 5.41) is 11.5. The summed E-state index contributed by atoms with van der Waals surface area (Å²) >= 11 is 0. The molecule has 2 atom stereocenters. The van der Waals surface area contributed by atoms with Crippen molar-refractivity contribution in [1.82, 2.24) is 4.98 Å². The Morgan fingerprint density at radius 3 is 2.39 bits per heavy atom. The Bertz CT molecular complexity index is 1680. The third kappa shape index (κ3) is 10.8. The molecule has 0 spiro atoms. The van der Waals surface area contributed by atoms with Crippen molar-refractivity contribution in [3.63, 3.8) is 0 Å². The lowest BCUT2D eigenvalue weighted by Gasteiger charge is -2.31. The van der Waals surface area contributed by atoms with Gasteiger partial charge in [0.1, 0.15) is 5.92 Å². The number of carbonyl (C=O) groups excluding carboxylic acids is 2. The summed E-state index contributed by atoms with van der Waals surface area (Å²) in [7, 11) is 0. The van der Waals surface area contributed by atoms with Crippen LogP contribution in [0.2, 0.25) is 0 Å². The van der Waals surface area contributed by atoms with Crippen molar-refractivity contribution >= 4 is 29.4 Å². The van der Waals surface area contributed by atoms with Crippen LogP contribution < -0.4 is 0 Å². The Morgan fingerprint density at radius 1 is 0.939 bits per heavy atom. The molecule has 0 saturated heterocycles. The number of aromatic nitrogens is 1. The maximum Gasteiger partial charge on any atom is 0.336 e. The fourth-order valence-corrected chi connectivity index (χ4v) is 5.96. The summed E-state index contributed by atoms with van der Waals surface area (Å²) in [6.45, 7) is 8.69. The molecule has 0 saturated carbocycles. The zero-order chi connectivity index (χ0) is 35.2. The van der Waals surface area contributed by atoms with Crippen molar-refractivity contribution in [2.45, 2.75) is 65.7 Å². The first-order valence-corrected chi connectivity index (χ1v) is 16.7. The number of aliphatic imine (C=N–C) groups is 1. The molecule has 10 heteroatoms. The number of unbranched alkanes of at least 4 members (excludes halogenated alkanes) is 3. The average Bonchev–Trinajstić information content (AvgIpc) is 3.08. The third-order valence-electron chi connectivity index (χ3n) is 8.30. The van der Waals surface area contributed by atoms with E-state index in [2.05, 4.69) is 53.3 Å². The van der Waals surface area contributed by atoms with Crippen LogP contribution in [0.25, 0.3) is 6.08 Å². The summed E-state index contributed by atoms with van der Waals surface area (Å²) < 4.78 is 16.9. The molecule has 0 radical (unpaired) electrons. The van der Waals surface area contributed by atoms with Crippen molar-refractivity contribution in [1.29, 1.82) is 0 Å². The number of carbonyl (C=O) groups is 2. The van der Waals surface area contributed by atoms with Crippen molar-refractivity contribution in [2.24, 2.45) is 10.9 Å². The first-order valence-electron chi connectivity index (χ1n) is 16.7. The first kappa shape index (κ1) is 36.9. The first-order chi connectivity index (χ1) is 23.7. The average molecular weight is 668 g/mol. The van der Waals surface area contributed by atoms with Gasteiger partial charge in [-0.1, -0.05) is 55.0 Å². The van der Waals surface area contributed by atoms with Gasteiger partial charge in [-0.2, -0.15) is 0 Å². The van der Waals surface area contributed by atoms with E-state index >= 15 is 0 Å². The largest absolute Gasteiger partial charge is 0.465 e. The normalized spacial score (nSPS) is 16.2. The van der Waals surface area contributed by atoms with E-state index in [9.17, 15) is 19.7 Å². The maximum absolute atomic E-state index is 13.4. The van der Waals surface area contributed by atoms with Crippen molar-refractivity contribution in [2.75, 3.05) is 26.4 Å². The highest BCUT2D eigenvalue weighted by Gasteiger charge is 2.42. The lowest BCUT2D eigenvalue weighted by Crippen LogP contribution is -2.36. The van der Waals surface area contributed by atoms with Gasteiger partial charge in [0.05, 0.1) is 30.3 Å². The Morgan fingerprint density at radius 2 is 1.69 bits per heavy atom. The van der Waals surface area contributed by atoms with Gasteiger partial charge in [-0.15, -0.1) is 0 Å². The number of nitro benzene ring substituents is 1. The van der Waals surface area contributed by atoms with Gasteiger partial charge in [0.2, 0.25) is 0 Å². The van der Waals surface area contributed by atoms with Crippen molar-refractivity contribution < 1.29 is 28.7 Å². The molecule has 10 nitrogen and oxygen atoms in total. The number of allylic oxidation sites excluding steroid dienone is 1. The molecule has 0 amide bonds. The van der Waals surface area contributed by atoms with E-state index in [1.165, 1.54) is 23.3 Å². The zero-order valence-corrected chi connectivity index (χ0v) is 28.7. The van der Waals surface area contributed by atoms with E-state index in [4.69, 9.17) is 14.2 Å². The standard InChI is InChI=1S/C39H45N3O7/c1-5-48-38(43)35-28(3)41-29(4)36(37(35)33-13-10-14-34(24-33)42(45)46)39(44)49-21-9-7-6-8-20-47-26-27(2)22-30-15-17-31(18-16-30)23-32-12-11-19-40-25-32/h10-19,22,24-25,35,37H,5-9,20-21,23,26H2,1-4H3. The van der Waals surface area contributed by atoms with E-state index in [0.717, 1.165) is 36.8 Å². The fraction of sp³-hybridized carbons (Fsp3) is 0.385. The van der Waals surface area contributed by atoms with Gasteiger partial charge in [0.15, 0.2) is 0 Å². The SMILES string of the molecule is CCOC(=O)C1C(C)=NC(C)=C(C(=O)OCCCCCCOCC(C)=Cc2ccc(Cc3cccnc3)cc2)C1c1cccc([N+](=O)[O-])c1. The topological polar surface area (TPSA) is 130 Å². The number of benzene rings is 2. The minimum Gasteiger partial charge on any atom is -0.465 e.